The second-order valence-electron chi connectivity index (χ2n) is 5.74. The van der Waals surface area contributed by atoms with Crippen LogP contribution in [0.25, 0.3) is 17.2 Å². The summed E-state index contributed by atoms with van der Waals surface area (Å²) in [7, 11) is 0. The third-order valence-electron chi connectivity index (χ3n) is 4.00. The molecule has 0 saturated heterocycles. The van der Waals surface area contributed by atoms with E-state index in [0.717, 1.165) is 15.6 Å². The van der Waals surface area contributed by atoms with Crippen molar-refractivity contribution in [2.45, 2.75) is 6.42 Å². The van der Waals surface area contributed by atoms with Crippen LogP contribution in [0.5, 0.6) is 0 Å². The van der Waals surface area contributed by atoms with Crippen LogP contribution in [0.4, 0.5) is 0 Å². The van der Waals surface area contributed by atoms with E-state index in [9.17, 15) is 0 Å². The summed E-state index contributed by atoms with van der Waals surface area (Å²) >= 11 is 21.7. The lowest BCUT2D eigenvalue weighted by Crippen LogP contribution is -1.98. The Morgan fingerprint density at radius 1 is 1.11 bits per heavy atom. The fraction of sp³-hybridized carbons (Fsp3) is 0.0588. The third kappa shape index (κ3) is 3.70. The van der Waals surface area contributed by atoms with Crippen molar-refractivity contribution in [2.24, 2.45) is 0 Å². The highest BCUT2D eigenvalue weighted by atomic mass is 79.9. The molecule has 0 amide bonds. The minimum Gasteiger partial charge on any atom is -0.289 e. The Labute approximate surface area is 177 Å². The maximum Gasteiger partial charge on any atom is 0.222 e. The lowest BCUT2D eigenvalue weighted by atomic mass is 10.1. The van der Waals surface area contributed by atoms with Crippen LogP contribution in [0, 0.1) is 4.64 Å². The molecule has 0 atom stereocenters. The first-order valence-corrected chi connectivity index (χ1v) is 9.76. The summed E-state index contributed by atoms with van der Waals surface area (Å²) in [4.78, 5) is 0. The topological polar surface area (TPSA) is 75.2 Å². The molecule has 0 fully saturated rings. The minimum absolute atomic E-state index is 0.421. The first-order valence-electron chi connectivity index (χ1n) is 7.80. The van der Waals surface area contributed by atoms with Crippen molar-refractivity contribution in [3.8, 4) is 17.2 Å². The number of aromatic nitrogens is 6. The molecule has 2 heterocycles. The van der Waals surface area contributed by atoms with E-state index >= 15 is 0 Å². The monoisotopic (exact) mass is 480 g/mol. The maximum atomic E-state index is 6.37. The van der Waals surface area contributed by atoms with Gasteiger partial charge in [-0.15, -0.1) is 10.2 Å². The Kier molecular flexibility index (Phi) is 5.14. The molecule has 0 aliphatic heterocycles. The molecule has 0 saturated carbocycles. The molecule has 0 aliphatic rings. The van der Waals surface area contributed by atoms with Gasteiger partial charge in [-0.05, 0) is 41.1 Å². The molecule has 0 aliphatic carbocycles. The molecule has 0 bridgehead atoms. The van der Waals surface area contributed by atoms with Gasteiger partial charge in [0.25, 0.3) is 0 Å². The molecule has 0 radical (unpaired) electrons. The van der Waals surface area contributed by atoms with Gasteiger partial charge in [-0.25, -0.2) is 4.68 Å². The molecule has 0 unspecified atom stereocenters. The normalized spacial score (nSPS) is 11.1. The zero-order valence-electron chi connectivity index (χ0n) is 13.6. The zero-order valence-corrected chi connectivity index (χ0v) is 17.5. The lowest BCUT2D eigenvalue weighted by Gasteiger charge is -2.06. The Morgan fingerprint density at radius 2 is 1.89 bits per heavy atom. The van der Waals surface area contributed by atoms with Crippen molar-refractivity contribution in [2.75, 3.05) is 0 Å². The fourth-order valence-electron chi connectivity index (χ4n) is 2.72. The Balaban J connectivity index is 1.89. The molecule has 6 nitrogen and oxygen atoms in total. The first kappa shape index (κ1) is 18.4. The van der Waals surface area contributed by atoms with Gasteiger partial charge >= 0.3 is 0 Å². The van der Waals surface area contributed by atoms with Crippen LogP contribution in [-0.4, -0.2) is 30.4 Å². The van der Waals surface area contributed by atoms with E-state index in [1.807, 2.05) is 24.3 Å². The van der Waals surface area contributed by atoms with E-state index in [-0.39, 0.29) is 0 Å². The number of benzene rings is 2. The molecule has 27 heavy (non-hydrogen) atoms. The summed E-state index contributed by atoms with van der Waals surface area (Å²) in [6.07, 6.45) is 0.595. The molecule has 136 valence electrons. The van der Waals surface area contributed by atoms with Crippen molar-refractivity contribution < 1.29 is 0 Å². The third-order valence-corrected chi connectivity index (χ3v) is 5.51. The second kappa shape index (κ2) is 7.55. The summed E-state index contributed by atoms with van der Waals surface area (Å²) in [5.41, 5.74) is 3.29. The van der Waals surface area contributed by atoms with Crippen LogP contribution in [0.3, 0.4) is 0 Å². The summed E-state index contributed by atoms with van der Waals surface area (Å²) < 4.78 is 3.30. The van der Waals surface area contributed by atoms with Crippen molar-refractivity contribution >= 4 is 51.3 Å². The Hall–Kier alpha value is -2.00. The molecule has 2 aromatic heterocycles. The molecule has 10 heteroatoms. The van der Waals surface area contributed by atoms with Crippen LogP contribution < -0.4 is 0 Å². The molecule has 2 N–H and O–H groups in total. The van der Waals surface area contributed by atoms with Crippen molar-refractivity contribution in [1.82, 2.24) is 30.4 Å². The molecule has 0 spiro atoms. The Bertz CT molecular complexity index is 1150. The quantitative estimate of drug-likeness (QED) is 0.384. The summed E-state index contributed by atoms with van der Waals surface area (Å²) in [6, 6.07) is 13.2. The molecule has 4 aromatic rings. The number of aromatic amines is 2. The SMILES string of the molecule is S=c1c(Cc2ccc(Br)cc2)c(-c2nn[nH]n2)[nH]n1-c1cc(Cl)ccc1Cl. The van der Waals surface area contributed by atoms with Crippen molar-refractivity contribution in [1.29, 1.82) is 0 Å². The number of rotatable bonds is 4. The number of hydrogen-bond acceptors (Lipinski definition) is 4. The number of H-pyrrole nitrogens is 2. The Morgan fingerprint density at radius 3 is 2.59 bits per heavy atom. The lowest BCUT2D eigenvalue weighted by molar-refractivity contribution is 0.867. The van der Waals surface area contributed by atoms with E-state index in [1.54, 1.807) is 22.9 Å². The number of tetrazole rings is 1. The number of halogens is 3. The largest absolute Gasteiger partial charge is 0.289 e. The van der Waals surface area contributed by atoms with Gasteiger partial charge in [-0.1, -0.05) is 63.5 Å². The van der Waals surface area contributed by atoms with Crippen molar-refractivity contribution in [3.05, 3.63) is 72.8 Å². The molecular formula is C17H11BrCl2N6S. The fourth-order valence-corrected chi connectivity index (χ4v) is 3.67. The van der Waals surface area contributed by atoms with E-state index in [4.69, 9.17) is 35.4 Å². The van der Waals surface area contributed by atoms with Gasteiger partial charge in [-0.2, -0.15) is 5.21 Å². The maximum absolute atomic E-state index is 6.37. The predicted octanol–water partition coefficient (Wildman–Crippen LogP) is 5.38. The summed E-state index contributed by atoms with van der Waals surface area (Å²) in [6.45, 7) is 0. The van der Waals surface area contributed by atoms with Crippen LogP contribution in [0.1, 0.15) is 11.1 Å². The van der Waals surface area contributed by atoms with E-state index in [0.29, 0.717) is 38.3 Å². The van der Waals surface area contributed by atoms with Gasteiger partial charge in [0.2, 0.25) is 5.82 Å². The average molecular weight is 482 g/mol. The first-order chi connectivity index (χ1) is 13.0. The minimum atomic E-state index is 0.421. The number of nitrogens with one attached hydrogen (secondary N) is 2. The second-order valence-corrected chi connectivity index (χ2v) is 7.89. The van der Waals surface area contributed by atoms with E-state index in [2.05, 4.69) is 41.7 Å². The predicted molar refractivity (Wildman–Crippen MR) is 111 cm³/mol. The highest BCUT2D eigenvalue weighted by Gasteiger charge is 2.19. The number of nitrogens with zero attached hydrogens (tertiary/aromatic N) is 4. The van der Waals surface area contributed by atoms with Crippen molar-refractivity contribution in [3.63, 3.8) is 0 Å². The van der Waals surface area contributed by atoms with Gasteiger partial charge in [-0.3, -0.25) is 5.10 Å². The summed E-state index contributed by atoms with van der Waals surface area (Å²) in [5, 5.41) is 18.6. The highest BCUT2D eigenvalue weighted by Crippen LogP contribution is 2.29. The number of hydrogen-bond donors (Lipinski definition) is 2. The van der Waals surface area contributed by atoms with Crippen LogP contribution >= 0.6 is 51.3 Å². The average Bonchev–Trinajstić information content (AvgIpc) is 3.28. The van der Waals surface area contributed by atoms with Gasteiger partial charge in [0.1, 0.15) is 10.3 Å². The molecular weight excluding hydrogens is 471 g/mol. The van der Waals surface area contributed by atoms with Crippen LogP contribution in [0.15, 0.2) is 46.9 Å². The van der Waals surface area contributed by atoms with E-state index < -0.39 is 0 Å². The zero-order chi connectivity index (χ0) is 19.0. The van der Waals surface area contributed by atoms with E-state index in [1.165, 1.54) is 0 Å². The summed E-state index contributed by atoms with van der Waals surface area (Å²) in [5.74, 6) is 0.421. The molecule has 2 aromatic carbocycles. The highest BCUT2D eigenvalue weighted by molar-refractivity contribution is 9.10. The van der Waals surface area contributed by atoms with Gasteiger partial charge < -0.3 is 0 Å². The van der Waals surface area contributed by atoms with Crippen LogP contribution in [-0.2, 0) is 6.42 Å². The van der Waals surface area contributed by atoms with Gasteiger partial charge in [0, 0.05) is 21.5 Å². The van der Waals surface area contributed by atoms with Crippen LogP contribution in [0.2, 0.25) is 10.0 Å². The smallest absolute Gasteiger partial charge is 0.222 e. The molecule has 4 rings (SSSR count). The standard InChI is InChI=1S/C17H11BrCl2N6S/c18-10-3-1-9(2-4-10)7-12-15(16-21-24-25-22-16)23-26(17(12)27)14-8-11(19)5-6-13(14)20/h1-6,8,23H,7H2,(H,21,22,24,25). The van der Waals surface area contributed by atoms with Gasteiger partial charge in [0.15, 0.2) is 0 Å². The van der Waals surface area contributed by atoms with Gasteiger partial charge in [0.05, 0.1) is 10.7 Å².